The minimum atomic E-state index is -1.11. The van der Waals surface area contributed by atoms with Crippen molar-refractivity contribution in [1.29, 1.82) is 0 Å². The number of carbonyl (C=O) groups is 1. The predicted octanol–water partition coefficient (Wildman–Crippen LogP) is 3.19. The molecule has 0 aliphatic rings. The molecule has 0 aromatic carbocycles. The van der Waals surface area contributed by atoms with Crippen molar-refractivity contribution in [3.8, 4) is 0 Å². The Morgan fingerprint density at radius 2 is 1.00 bits per heavy atom. The Bertz CT molecular complexity index is 288. The average Bonchev–Trinajstić information content (AvgIpc) is 2.68. The molecule has 0 amide bonds. The van der Waals surface area contributed by atoms with Crippen molar-refractivity contribution < 1.29 is 30.0 Å². The van der Waals surface area contributed by atoms with Crippen molar-refractivity contribution in [2.45, 2.75) is 90.9 Å². The quantitative estimate of drug-likeness (QED) is 0.224. The molecule has 0 aliphatic heterocycles. The molecule has 0 unspecified atom stereocenters. The van der Waals surface area contributed by atoms with E-state index in [9.17, 15) is 4.79 Å². The largest absolute Gasteiger partial charge is 0.466 e. The molecule has 0 saturated carbocycles. The van der Waals surface area contributed by atoms with Crippen LogP contribution in [-0.2, 0) is 9.53 Å². The van der Waals surface area contributed by atoms with Crippen LogP contribution in [-0.4, -0.2) is 59.4 Å². The molecule has 4 N–H and O–H groups in total. The van der Waals surface area contributed by atoms with Crippen molar-refractivity contribution in [1.82, 2.24) is 0 Å². The van der Waals surface area contributed by atoms with E-state index in [1.54, 1.807) is 0 Å². The van der Waals surface area contributed by atoms with Gasteiger partial charge >= 0.3 is 5.97 Å². The van der Waals surface area contributed by atoms with Crippen molar-refractivity contribution >= 4 is 5.97 Å². The van der Waals surface area contributed by atoms with Gasteiger partial charge in [-0.3, -0.25) is 4.79 Å². The zero-order valence-corrected chi connectivity index (χ0v) is 17.6. The maximum Gasteiger partial charge on any atom is 0.302 e. The lowest BCUT2D eigenvalue weighted by Gasteiger charge is -2.23. The first-order chi connectivity index (χ1) is 13.0. The van der Waals surface area contributed by atoms with E-state index in [-0.39, 0.29) is 5.97 Å². The first kappa shape index (κ1) is 28.5. The summed E-state index contributed by atoms with van der Waals surface area (Å²) in [6.07, 6.45) is 16.1. The highest BCUT2D eigenvalue weighted by molar-refractivity contribution is 5.65. The normalized spacial score (nSPS) is 11.0. The molecule has 0 aliphatic carbocycles. The van der Waals surface area contributed by atoms with Crippen LogP contribution in [0.15, 0.2) is 0 Å². The van der Waals surface area contributed by atoms with Crippen LogP contribution in [0.4, 0.5) is 0 Å². The fraction of sp³-hybridized carbons (Fsp3) is 0.952. The topological polar surface area (TPSA) is 107 Å². The zero-order valence-electron chi connectivity index (χ0n) is 17.6. The molecule has 0 spiro atoms. The van der Waals surface area contributed by atoms with Gasteiger partial charge in [0.2, 0.25) is 0 Å². The minimum absolute atomic E-state index is 0.155. The first-order valence-electron chi connectivity index (χ1n) is 10.6. The first-order valence-corrected chi connectivity index (χ1v) is 10.6. The summed E-state index contributed by atoms with van der Waals surface area (Å²) in [6, 6.07) is 0. The number of ether oxygens (including phenoxy) is 1. The van der Waals surface area contributed by atoms with Gasteiger partial charge in [-0.2, -0.15) is 0 Å². The van der Waals surface area contributed by atoms with Crippen LogP contribution in [0.2, 0.25) is 0 Å². The van der Waals surface area contributed by atoms with E-state index in [1.807, 2.05) is 0 Å². The van der Waals surface area contributed by atoms with Crippen LogP contribution in [0.3, 0.4) is 0 Å². The molecule has 164 valence electrons. The van der Waals surface area contributed by atoms with E-state index >= 15 is 0 Å². The third-order valence-electron chi connectivity index (χ3n) is 4.64. The van der Waals surface area contributed by atoms with Crippen molar-refractivity contribution in [3.05, 3.63) is 0 Å². The van der Waals surface area contributed by atoms with E-state index in [0.29, 0.717) is 6.61 Å². The van der Waals surface area contributed by atoms with Gasteiger partial charge in [0.15, 0.2) is 0 Å². The van der Waals surface area contributed by atoms with Crippen LogP contribution in [0, 0.1) is 5.41 Å². The number of hydrogen-bond donors (Lipinski definition) is 4. The van der Waals surface area contributed by atoms with Gasteiger partial charge in [0.25, 0.3) is 0 Å². The smallest absolute Gasteiger partial charge is 0.302 e. The number of esters is 1. The van der Waals surface area contributed by atoms with E-state index in [1.165, 1.54) is 77.6 Å². The summed E-state index contributed by atoms with van der Waals surface area (Å²) in [4.78, 5) is 10.5. The van der Waals surface area contributed by atoms with Crippen molar-refractivity contribution in [2.24, 2.45) is 5.41 Å². The monoisotopic (exact) mass is 392 g/mol. The number of aliphatic hydroxyl groups excluding tert-OH is 4. The highest BCUT2D eigenvalue weighted by Gasteiger charge is 2.26. The number of aliphatic hydroxyl groups is 4. The van der Waals surface area contributed by atoms with Crippen LogP contribution >= 0.6 is 0 Å². The standard InChI is InChI=1S/C16H32O2.C5H12O4/c1-3-4-5-6-7-8-9-10-11-12-13-14-15-18-16(2)17;6-1-5(2-7,3-8)4-9/h3-15H2,1-2H3;6-9H,1-4H2. The van der Waals surface area contributed by atoms with Gasteiger partial charge in [0, 0.05) is 6.92 Å². The van der Waals surface area contributed by atoms with Gasteiger partial charge in [-0.25, -0.2) is 0 Å². The van der Waals surface area contributed by atoms with Crippen LogP contribution in [0.5, 0.6) is 0 Å². The second-order valence-electron chi connectivity index (χ2n) is 7.36. The Morgan fingerprint density at radius 1 is 0.667 bits per heavy atom. The number of rotatable bonds is 17. The molecule has 0 aromatic heterocycles. The van der Waals surface area contributed by atoms with Gasteiger partial charge in [-0.1, -0.05) is 77.6 Å². The summed E-state index contributed by atoms with van der Waals surface area (Å²) < 4.78 is 4.89. The highest BCUT2D eigenvalue weighted by atomic mass is 16.5. The molecular weight excluding hydrogens is 348 g/mol. The van der Waals surface area contributed by atoms with Crippen LogP contribution in [0.25, 0.3) is 0 Å². The molecule has 6 heteroatoms. The fourth-order valence-corrected chi connectivity index (χ4v) is 2.46. The predicted molar refractivity (Wildman–Crippen MR) is 108 cm³/mol. The summed E-state index contributed by atoms with van der Waals surface area (Å²) in [5.74, 6) is -0.155. The second-order valence-corrected chi connectivity index (χ2v) is 7.36. The third kappa shape index (κ3) is 19.9. The molecule has 0 aromatic rings. The molecule has 0 rings (SSSR count). The second kappa shape index (κ2) is 21.6. The third-order valence-corrected chi connectivity index (χ3v) is 4.64. The Labute approximate surface area is 165 Å². The van der Waals surface area contributed by atoms with E-state index in [4.69, 9.17) is 25.2 Å². The molecule has 0 heterocycles. The summed E-state index contributed by atoms with van der Waals surface area (Å²) in [5, 5.41) is 34.0. The lowest BCUT2D eigenvalue weighted by molar-refractivity contribution is -0.141. The molecule has 0 radical (unpaired) electrons. The fourth-order valence-electron chi connectivity index (χ4n) is 2.46. The van der Waals surface area contributed by atoms with Gasteiger partial charge in [0.1, 0.15) is 0 Å². The van der Waals surface area contributed by atoms with E-state index < -0.39 is 31.8 Å². The molecule has 6 nitrogen and oxygen atoms in total. The number of unbranched alkanes of at least 4 members (excludes halogenated alkanes) is 11. The Kier molecular flexibility index (Phi) is 22.8. The van der Waals surface area contributed by atoms with E-state index in [0.717, 1.165) is 6.42 Å². The summed E-state index contributed by atoms with van der Waals surface area (Å²) in [7, 11) is 0. The summed E-state index contributed by atoms with van der Waals surface area (Å²) in [6.45, 7) is 2.72. The van der Waals surface area contributed by atoms with E-state index in [2.05, 4.69) is 6.92 Å². The Balaban J connectivity index is 0. The molecular formula is C21H44O6. The lowest BCUT2D eigenvalue weighted by Crippen LogP contribution is -2.37. The molecule has 0 bridgehead atoms. The molecule has 27 heavy (non-hydrogen) atoms. The van der Waals surface area contributed by atoms with Crippen LogP contribution < -0.4 is 0 Å². The van der Waals surface area contributed by atoms with Gasteiger partial charge < -0.3 is 25.2 Å². The van der Waals surface area contributed by atoms with Crippen molar-refractivity contribution in [2.75, 3.05) is 33.0 Å². The molecule has 0 saturated heterocycles. The van der Waals surface area contributed by atoms with Crippen molar-refractivity contribution in [3.63, 3.8) is 0 Å². The Hall–Kier alpha value is -0.690. The summed E-state index contributed by atoms with van der Waals surface area (Å²) in [5.41, 5.74) is -1.11. The number of carbonyl (C=O) groups excluding carboxylic acids is 1. The maximum absolute atomic E-state index is 10.5. The SMILES string of the molecule is CCCCCCCCCCCCCCOC(C)=O.OCC(CO)(CO)CO. The van der Waals surface area contributed by atoms with Gasteiger partial charge in [-0.15, -0.1) is 0 Å². The molecule has 0 fully saturated rings. The van der Waals surface area contributed by atoms with Crippen LogP contribution in [0.1, 0.15) is 90.9 Å². The number of hydrogen-bond acceptors (Lipinski definition) is 6. The minimum Gasteiger partial charge on any atom is -0.466 e. The maximum atomic E-state index is 10.5. The highest BCUT2D eigenvalue weighted by Crippen LogP contribution is 2.12. The zero-order chi connectivity index (χ0) is 20.8. The van der Waals surface area contributed by atoms with Gasteiger partial charge in [0.05, 0.1) is 38.4 Å². The molecule has 0 atom stereocenters. The lowest BCUT2D eigenvalue weighted by atomic mass is 9.93. The van der Waals surface area contributed by atoms with Gasteiger partial charge in [-0.05, 0) is 6.42 Å². The average molecular weight is 393 g/mol. The Morgan fingerprint density at radius 3 is 1.26 bits per heavy atom. The summed E-state index contributed by atoms with van der Waals surface area (Å²) >= 11 is 0.